The third kappa shape index (κ3) is 8.33. The lowest BCUT2D eigenvalue weighted by Gasteiger charge is -2.60. The second-order valence-corrected chi connectivity index (χ2v) is 22.9. The first-order chi connectivity index (χ1) is 34.0. The molecule has 6 heterocycles. The molecule has 72 heavy (non-hydrogen) atoms. The fourth-order valence-corrected chi connectivity index (χ4v) is 14.6. The molecule has 0 bridgehead atoms. The Kier molecular flexibility index (Phi) is 14.8. The van der Waals surface area contributed by atoms with Crippen LogP contribution in [-0.2, 0) is 52.2 Å². The number of carbonyl (C=O) groups is 1. The maximum absolute atomic E-state index is 15.0. The van der Waals surface area contributed by atoms with E-state index < -0.39 is 202 Å². The van der Waals surface area contributed by atoms with Crippen molar-refractivity contribution >= 4 is 5.78 Å². The summed E-state index contributed by atoms with van der Waals surface area (Å²) in [4.78, 5) is 15.0. The van der Waals surface area contributed by atoms with Gasteiger partial charge in [-0.15, -0.1) is 0 Å². The summed E-state index contributed by atoms with van der Waals surface area (Å²) in [5.41, 5.74) is -2.83. The van der Waals surface area contributed by atoms with Crippen LogP contribution in [0.15, 0.2) is 11.6 Å². The van der Waals surface area contributed by atoms with E-state index in [4.69, 9.17) is 47.4 Å². The van der Waals surface area contributed by atoms with Gasteiger partial charge in [-0.05, 0) is 49.9 Å². The van der Waals surface area contributed by atoms with Crippen LogP contribution in [0.1, 0.15) is 59.8 Å². The maximum atomic E-state index is 15.0. The number of fused-ring (bicyclic) bond motifs is 7. The van der Waals surface area contributed by atoms with Crippen molar-refractivity contribution in [2.75, 3.05) is 39.6 Å². The van der Waals surface area contributed by atoms with Gasteiger partial charge >= 0.3 is 0 Å². The van der Waals surface area contributed by atoms with E-state index in [9.17, 15) is 71.2 Å². The Hall–Kier alpha value is -1.51. The number of rotatable bonds is 10. The number of ketones is 1. The predicted molar refractivity (Wildman–Crippen MR) is 235 cm³/mol. The van der Waals surface area contributed by atoms with E-state index >= 15 is 0 Å². The molecule has 10 rings (SSSR count). The minimum Gasteiger partial charge on any atom is -0.396 e. The minimum absolute atomic E-state index is 0.0583. The highest BCUT2D eigenvalue weighted by Gasteiger charge is 2.76. The average molecular weight is 1040 g/mol. The molecule has 1 spiro atoms. The van der Waals surface area contributed by atoms with Gasteiger partial charge in [0.2, 0.25) is 5.79 Å². The van der Waals surface area contributed by atoms with Crippen molar-refractivity contribution in [2.24, 2.45) is 46.3 Å². The lowest BCUT2D eigenvalue weighted by Crippen LogP contribution is -2.66. The van der Waals surface area contributed by atoms with Crippen LogP contribution in [0.4, 0.5) is 0 Å². The number of aliphatic hydroxyl groups excluding tert-OH is 12. The largest absolute Gasteiger partial charge is 0.396 e. The smallest absolute Gasteiger partial charge is 0.203 e. The van der Waals surface area contributed by atoms with Crippen LogP contribution >= 0.6 is 0 Å². The Morgan fingerprint density at radius 1 is 0.736 bits per heavy atom. The Labute approximate surface area is 415 Å². The number of ether oxygens (including phenoxy) is 10. The topological polar surface area (TPSA) is 372 Å². The second kappa shape index (κ2) is 19.7. The van der Waals surface area contributed by atoms with Gasteiger partial charge in [0.05, 0.1) is 64.1 Å². The van der Waals surface area contributed by atoms with E-state index in [1.807, 2.05) is 19.9 Å². The molecule has 4 aliphatic carbocycles. The van der Waals surface area contributed by atoms with Gasteiger partial charge < -0.3 is 114 Å². The van der Waals surface area contributed by atoms with Gasteiger partial charge in [0.25, 0.3) is 0 Å². The second-order valence-electron chi connectivity index (χ2n) is 22.9. The van der Waals surface area contributed by atoms with Crippen molar-refractivity contribution in [3.05, 3.63) is 11.6 Å². The van der Waals surface area contributed by atoms with Gasteiger partial charge in [0, 0.05) is 35.5 Å². The average Bonchev–Trinajstić information content (AvgIpc) is 3.92. The molecule has 13 N–H and O–H groups in total. The van der Waals surface area contributed by atoms with E-state index in [1.165, 1.54) is 6.92 Å². The highest BCUT2D eigenvalue weighted by Crippen LogP contribution is 2.70. The molecule has 6 aliphatic heterocycles. The van der Waals surface area contributed by atoms with Gasteiger partial charge in [0.1, 0.15) is 78.8 Å². The van der Waals surface area contributed by atoms with Crippen molar-refractivity contribution < 1.29 is 119 Å². The summed E-state index contributed by atoms with van der Waals surface area (Å²) in [5.74, 6) is -4.83. The lowest BCUT2D eigenvalue weighted by atomic mass is 9.46. The molecule has 410 valence electrons. The maximum Gasteiger partial charge on any atom is 0.203 e. The summed E-state index contributed by atoms with van der Waals surface area (Å²) >= 11 is 0. The monoisotopic (exact) mass is 1030 g/mol. The van der Waals surface area contributed by atoms with Crippen LogP contribution in [0.25, 0.3) is 0 Å². The van der Waals surface area contributed by atoms with Gasteiger partial charge in [0.15, 0.2) is 30.9 Å². The number of Topliss-reactive ketones (excluding diaryl/α,β-unsaturated/α-hetero) is 1. The van der Waals surface area contributed by atoms with E-state index in [-0.39, 0.29) is 30.6 Å². The molecule has 6 saturated heterocycles. The first-order valence-corrected chi connectivity index (χ1v) is 25.5. The summed E-state index contributed by atoms with van der Waals surface area (Å²) in [6.07, 6.45) is -26.0. The molecular formula is C48H74O24. The van der Waals surface area contributed by atoms with Crippen molar-refractivity contribution in [1.82, 2.24) is 0 Å². The first kappa shape index (κ1) is 53.9. The third-order valence-electron chi connectivity index (χ3n) is 18.8. The number of allylic oxidation sites excluding steroid dienone is 1. The van der Waals surface area contributed by atoms with Crippen LogP contribution in [0.5, 0.6) is 0 Å². The molecule has 0 aromatic heterocycles. The van der Waals surface area contributed by atoms with Gasteiger partial charge in [-0.1, -0.05) is 32.4 Å². The number of hydrogen-bond donors (Lipinski definition) is 13. The van der Waals surface area contributed by atoms with E-state index in [0.717, 1.165) is 5.57 Å². The van der Waals surface area contributed by atoms with E-state index in [2.05, 4.69) is 0 Å². The third-order valence-corrected chi connectivity index (χ3v) is 18.8. The molecule has 0 aromatic rings. The fraction of sp³-hybridized carbons (Fsp3) is 0.938. The van der Waals surface area contributed by atoms with Gasteiger partial charge in [-0.3, -0.25) is 4.79 Å². The highest BCUT2D eigenvalue weighted by atomic mass is 16.8. The molecule has 0 radical (unpaired) electrons. The fourth-order valence-electron chi connectivity index (χ4n) is 14.6. The molecule has 9 fully saturated rings. The van der Waals surface area contributed by atoms with Crippen LogP contribution in [0, 0.1) is 46.3 Å². The first-order valence-electron chi connectivity index (χ1n) is 25.5. The molecule has 0 aromatic carbocycles. The molecule has 3 saturated carbocycles. The highest BCUT2D eigenvalue weighted by molar-refractivity contribution is 5.90. The SMILES string of the molecule is CC1OC(O[C@H]2[C@H](O[C@@H]3C[C@H](O)CC4=CC[C@H]5[C@@H]6C(=O)[C@@H]7O[C@@]8(OC[C@H](C)[C@@H](O)[C@@H]8O)[C@@H](CO)[C@@H]7[C@@]6(C)CC[C@@H]5[C@]43C)OC[C@H](O)[C@@H]2O[C@@H]2OC[C@@H](O)[C@H](O)[C@H]2O)C(O)C(O[C@@H]2OC[C@](O)(CO)[C@H]2O)C1O. The number of aliphatic hydroxyl groups is 13. The Bertz CT molecular complexity index is 2000. The van der Waals surface area contributed by atoms with Crippen LogP contribution in [-0.4, -0.2) is 246 Å². The molecular weight excluding hydrogens is 961 g/mol. The van der Waals surface area contributed by atoms with Gasteiger partial charge in [-0.2, -0.15) is 0 Å². The number of carbonyl (C=O) groups excluding carboxylic acids is 1. The standard InChI is InChI=1S/C48H74O24/c1-17-12-66-48(39(60)29(17)54)23(11-49)28-36(72-48)32(57)27-21-6-5-19-9-20(51)10-26(46(19,4)22(21)7-8-45(27,28)3)68-43-38(35(25(53)14-64-43)69-41-33(58)31(56)24(52)13-63-41)71-42-34(59)37(30(55)18(2)67-42)70-44-40(61)47(62,15-50)16-65-44/h5,17-18,20-31,33-44,49-56,58-62H,6-16H2,1-4H3/t17-,18?,20+,21+,22-,23-,24+,25-,26+,27+,28-,29+,30?,31-,33+,34?,35-,36+,37?,38+,39-,40-,41-,42?,43-,44-,45-,46-,47+,48-/m0/s1. The summed E-state index contributed by atoms with van der Waals surface area (Å²) in [6, 6.07) is 0. The predicted octanol–water partition coefficient (Wildman–Crippen LogP) is -4.98. The quantitative estimate of drug-likeness (QED) is 0.0912. The zero-order chi connectivity index (χ0) is 51.7. The molecule has 10 aliphatic rings. The molecule has 0 amide bonds. The zero-order valence-corrected chi connectivity index (χ0v) is 40.7. The summed E-state index contributed by atoms with van der Waals surface area (Å²) in [6.45, 7) is 4.48. The van der Waals surface area contributed by atoms with Crippen molar-refractivity contribution in [3.8, 4) is 0 Å². The Morgan fingerprint density at radius 3 is 2.14 bits per heavy atom. The molecule has 24 nitrogen and oxygen atoms in total. The molecule has 5 unspecified atom stereocenters. The van der Waals surface area contributed by atoms with E-state index in [1.54, 1.807) is 6.92 Å². The van der Waals surface area contributed by atoms with E-state index in [0.29, 0.717) is 25.7 Å². The summed E-state index contributed by atoms with van der Waals surface area (Å²) < 4.78 is 61.3. The Morgan fingerprint density at radius 2 is 1.43 bits per heavy atom. The van der Waals surface area contributed by atoms with Crippen molar-refractivity contribution in [3.63, 3.8) is 0 Å². The molecule has 24 heteroatoms. The van der Waals surface area contributed by atoms with Crippen LogP contribution in [0.2, 0.25) is 0 Å². The van der Waals surface area contributed by atoms with Gasteiger partial charge in [-0.25, -0.2) is 0 Å². The Balaban J connectivity index is 0.944. The summed E-state index contributed by atoms with van der Waals surface area (Å²) in [5, 5.41) is 142. The summed E-state index contributed by atoms with van der Waals surface area (Å²) in [7, 11) is 0. The van der Waals surface area contributed by atoms with Crippen LogP contribution < -0.4 is 0 Å². The minimum atomic E-state index is -2.10. The van der Waals surface area contributed by atoms with Crippen molar-refractivity contribution in [2.45, 2.75) is 194 Å². The normalized spacial score (nSPS) is 57.6. The molecule has 30 atom stereocenters. The van der Waals surface area contributed by atoms with Crippen LogP contribution in [0.3, 0.4) is 0 Å². The lowest BCUT2D eigenvalue weighted by molar-refractivity contribution is -0.387. The zero-order valence-electron chi connectivity index (χ0n) is 40.7. The number of hydrogen-bond acceptors (Lipinski definition) is 24. The van der Waals surface area contributed by atoms with Crippen molar-refractivity contribution in [1.29, 1.82) is 0 Å².